The molecule has 2 aliphatic heterocycles. The van der Waals surface area contributed by atoms with Crippen LogP contribution in [0, 0.1) is 5.92 Å². The predicted octanol–water partition coefficient (Wildman–Crippen LogP) is 3.29. The van der Waals surface area contributed by atoms with E-state index in [1.807, 2.05) is 30.3 Å². The van der Waals surface area contributed by atoms with Crippen molar-refractivity contribution in [3.05, 3.63) is 79.4 Å². The second kappa shape index (κ2) is 15.3. The Labute approximate surface area is 253 Å². The molecule has 12 heteroatoms. The van der Waals surface area contributed by atoms with Gasteiger partial charge in [-0.3, -0.25) is 0 Å². The first kappa shape index (κ1) is 32.5. The number of alkyl carbamates (subject to hydrolysis) is 1. The first-order valence-electron chi connectivity index (χ1n) is 14.2. The Kier molecular flexibility index (Phi) is 11.6. The fraction of sp³-hybridized carbons (Fsp3) is 0.452. The van der Waals surface area contributed by atoms with Crippen molar-refractivity contribution >= 4 is 16.1 Å². The molecule has 2 fully saturated rings. The highest BCUT2D eigenvalue weighted by atomic mass is 32.2. The van der Waals surface area contributed by atoms with Crippen LogP contribution in [0.2, 0.25) is 0 Å². The summed E-state index contributed by atoms with van der Waals surface area (Å²) >= 11 is 0. The van der Waals surface area contributed by atoms with Crippen molar-refractivity contribution in [3.8, 4) is 11.5 Å². The number of aliphatic hydroxyl groups is 1. The molecule has 0 aliphatic carbocycles. The highest BCUT2D eigenvalue weighted by Gasteiger charge is 2.44. The fourth-order valence-electron chi connectivity index (χ4n) is 5.10. The number of fused-ring (bicyclic) bond motifs is 1. The minimum absolute atomic E-state index is 0.0520. The summed E-state index contributed by atoms with van der Waals surface area (Å²) in [5.41, 5.74) is 0.839. The Hall–Kier alpha value is -3.42. The molecule has 0 aromatic heterocycles. The molecule has 0 saturated carbocycles. The van der Waals surface area contributed by atoms with Crippen LogP contribution in [-0.4, -0.2) is 88.5 Å². The van der Waals surface area contributed by atoms with Crippen molar-refractivity contribution in [2.75, 3.05) is 40.0 Å². The lowest BCUT2D eigenvalue weighted by Gasteiger charge is -2.30. The van der Waals surface area contributed by atoms with Crippen LogP contribution in [0.15, 0.2) is 78.7 Å². The summed E-state index contributed by atoms with van der Waals surface area (Å²) in [4.78, 5) is 12.9. The lowest BCUT2D eigenvalue weighted by Crippen LogP contribution is -2.51. The Balaban J connectivity index is 1.54. The largest absolute Gasteiger partial charge is 0.497 e. The number of carbonyl (C=O) groups is 1. The van der Waals surface area contributed by atoms with Crippen LogP contribution in [0.1, 0.15) is 18.4 Å². The van der Waals surface area contributed by atoms with Crippen LogP contribution in [-0.2, 0) is 30.7 Å². The van der Waals surface area contributed by atoms with Gasteiger partial charge in [-0.15, -0.1) is 13.2 Å². The third-order valence-electron chi connectivity index (χ3n) is 7.38. The Morgan fingerprint density at radius 1 is 1.19 bits per heavy atom. The van der Waals surface area contributed by atoms with Gasteiger partial charge in [0.05, 0.1) is 45.0 Å². The van der Waals surface area contributed by atoms with Gasteiger partial charge >= 0.3 is 6.09 Å². The van der Waals surface area contributed by atoms with Gasteiger partial charge in [-0.05, 0) is 37.0 Å². The topological polar surface area (TPSA) is 133 Å². The number of nitrogens with one attached hydrogen (secondary N) is 1. The minimum atomic E-state index is -4.19. The van der Waals surface area contributed by atoms with E-state index >= 15 is 0 Å². The molecule has 0 bridgehead atoms. The third kappa shape index (κ3) is 8.36. The van der Waals surface area contributed by atoms with Crippen molar-refractivity contribution in [2.45, 2.75) is 48.7 Å². The summed E-state index contributed by atoms with van der Waals surface area (Å²) in [5.74, 6) is 0.487. The quantitative estimate of drug-likeness (QED) is 0.215. The molecule has 234 valence electrons. The van der Waals surface area contributed by atoms with Crippen LogP contribution in [0.5, 0.6) is 11.5 Å². The van der Waals surface area contributed by atoms with Gasteiger partial charge in [-0.2, -0.15) is 4.31 Å². The van der Waals surface area contributed by atoms with E-state index in [9.17, 15) is 18.3 Å². The third-order valence-corrected chi connectivity index (χ3v) is 9.25. The van der Waals surface area contributed by atoms with E-state index in [1.54, 1.807) is 6.08 Å². The van der Waals surface area contributed by atoms with Crippen molar-refractivity contribution in [1.82, 2.24) is 9.62 Å². The van der Waals surface area contributed by atoms with Gasteiger partial charge in [-0.1, -0.05) is 42.5 Å². The van der Waals surface area contributed by atoms with E-state index in [1.165, 1.54) is 31.4 Å². The number of ether oxygens (including phenoxy) is 5. The lowest BCUT2D eigenvalue weighted by atomic mass is 10.0. The first-order valence-corrected chi connectivity index (χ1v) is 15.7. The van der Waals surface area contributed by atoms with Crippen LogP contribution in [0.4, 0.5) is 4.79 Å². The summed E-state index contributed by atoms with van der Waals surface area (Å²) in [6.45, 7) is 7.92. The lowest BCUT2D eigenvalue weighted by molar-refractivity contribution is -0.0907. The van der Waals surface area contributed by atoms with Gasteiger partial charge in [0, 0.05) is 19.2 Å². The van der Waals surface area contributed by atoms with Gasteiger partial charge in [0.2, 0.25) is 10.0 Å². The summed E-state index contributed by atoms with van der Waals surface area (Å²) in [7, 11) is -2.72. The van der Waals surface area contributed by atoms with Crippen molar-refractivity contribution in [3.63, 3.8) is 0 Å². The zero-order chi connectivity index (χ0) is 30.8. The van der Waals surface area contributed by atoms with Crippen LogP contribution < -0.4 is 14.8 Å². The van der Waals surface area contributed by atoms with Gasteiger partial charge < -0.3 is 34.1 Å². The molecule has 2 N–H and O–H groups in total. The first-order chi connectivity index (χ1) is 20.8. The number of sulfonamides is 1. The molecule has 2 aromatic rings. The van der Waals surface area contributed by atoms with Crippen molar-refractivity contribution in [2.24, 2.45) is 5.92 Å². The number of rotatable bonds is 16. The normalized spacial score (nSPS) is 21.0. The molecule has 0 unspecified atom stereocenters. The van der Waals surface area contributed by atoms with E-state index in [-0.39, 0.29) is 55.6 Å². The number of benzene rings is 2. The molecule has 2 saturated heterocycles. The molecule has 2 aliphatic rings. The van der Waals surface area contributed by atoms with E-state index in [4.69, 9.17) is 23.7 Å². The molecular formula is C31H40N2O9S. The second-order valence-corrected chi connectivity index (χ2v) is 12.2. The van der Waals surface area contributed by atoms with Crippen LogP contribution >= 0.6 is 0 Å². The monoisotopic (exact) mass is 616 g/mol. The number of methoxy groups -OCH3 is 1. The summed E-state index contributed by atoms with van der Waals surface area (Å²) < 4.78 is 56.8. The number of amides is 1. The molecule has 1 amide bonds. The molecule has 43 heavy (non-hydrogen) atoms. The maximum Gasteiger partial charge on any atom is 0.407 e. The summed E-state index contributed by atoms with van der Waals surface area (Å²) in [6.07, 6.45) is 1.65. The van der Waals surface area contributed by atoms with E-state index < -0.39 is 34.4 Å². The maximum atomic E-state index is 13.9. The number of hydrogen-bond donors (Lipinski definition) is 2. The smallest absolute Gasteiger partial charge is 0.407 e. The number of nitrogens with zero attached hydrogens (tertiary/aromatic N) is 1. The fourth-order valence-corrected chi connectivity index (χ4v) is 6.65. The Morgan fingerprint density at radius 2 is 1.98 bits per heavy atom. The molecule has 0 spiro atoms. The zero-order valence-corrected chi connectivity index (χ0v) is 25.1. The zero-order valence-electron chi connectivity index (χ0n) is 24.3. The SMILES string of the molecule is C=CCCOc1cc(OC)ccc1S(=O)(=O)N(CC=C)C[C@@H](O)[C@H](Cc1ccccc1)NC(=O)O[C@H]1CO[C@H]2OCC[C@H]21. The molecule has 4 rings (SSSR count). The van der Waals surface area contributed by atoms with Gasteiger partial charge in [0.25, 0.3) is 0 Å². The van der Waals surface area contributed by atoms with E-state index in [0.717, 1.165) is 16.3 Å². The molecule has 2 heterocycles. The highest BCUT2D eigenvalue weighted by Crippen LogP contribution is 2.33. The van der Waals surface area contributed by atoms with Gasteiger partial charge in [0.15, 0.2) is 6.29 Å². The Morgan fingerprint density at radius 3 is 2.70 bits per heavy atom. The Bertz CT molecular complexity index is 1340. The van der Waals surface area contributed by atoms with E-state index in [0.29, 0.717) is 18.8 Å². The average molecular weight is 617 g/mol. The number of aliphatic hydroxyl groups excluding tert-OH is 1. The molecule has 0 radical (unpaired) electrons. The van der Waals surface area contributed by atoms with Crippen LogP contribution in [0.25, 0.3) is 0 Å². The second-order valence-electron chi connectivity index (χ2n) is 10.3. The van der Waals surface area contributed by atoms with Crippen molar-refractivity contribution < 1.29 is 42.0 Å². The molecule has 11 nitrogen and oxygen atoms in total. The van der Waals surface area contributed by atoms with Crippen molar-refractivity contribution in [1.29, 1.82) is 0 Å². The van der Waals surface area contributed by atoms with Gasteiger partial charge in [0.1, 0.15) is 22.5 Å². The maximum absolute atomic E-state index is 13.9. The molecular weight excluding hydrogens is 576 g/mol. The molecule has 2 aromatic carbocycles. The van der Waals surface area contributed by atoms with E-state index in [2.05, 4.69) is 18.5 Å². The summed E-state index contributed by atoms with van der Waals surface area (Å²) in [5, 5.41) is 14.2. The number of hydrogen-bond acceptors (Lipinski definition) is 9. The average Bonchev–Trinajstić information content (AvgIpc) is 3.62. The molecule has 5 atom stereocenters. The summed E-state index contributed by atoms with van der Waals surface area (Å²) in [6, 6.07) is 12.8. The van der Waals surface area contributed by atoms with Gasteiger partial charge in [-0.25, -0.2) is 13.2 Å². The minimum Gasteiger partial charge on any atom is -0.497 e. The number of carbonyl (C=O) groups excluding carboxylic acids is 1. The highest BCUT2D eigenvalue weighted by molar-refractivity contribution is 7.89. The standard InChI is InChI=1S/C31H40N2O9S/c1-4-6-16-39-27-19-23(38-3)12-13-29(27)43(36,37)33(15-5-2)20-26(34)25(18-22-10-8-7-9-11-22)32-31(35)42-28-21-41-30-24(28)14-17-40-30/h4-5,7-13,19,24-26,28,30,34H,1-2,6,14-18,20-21H2,3H3,(H,32,35)/t24-,25-,26+,28-,30+/m0/s1. The van der Waals surface area contributed by atoms with Crippen LogP contribution in [0.3, 0.4) is 0 Å². The predicted molar refractivity (Wildman–Crippen MR) is 159 cm³/mol.